The smallest absolute Gasteiger partial charge is 0.264 e. The molecule has 1 aliphatic rings. The first-order valence-electron chi connectivity index (χ1n) is 9.64. The number of nitrogens with zero attached hydrogens (tertiary/aromatic N) is 2. The Labute approximate surface area is 181 Å². The predicted molar refractivity (Wildman–Crippen MR) is 120 cm³/mol. The van der Waals surface area contributed by atoms with Gasteiger partial charge in [0.1, 0.15) is 6.54 Å². The number of fused-ring (bicyclic) bond motifs is 1. The molecule has 8 heteroatoms. The highest BCUT2D eigenvalue weighted by Crippen LogP contribution is 2.32. The molecule has 0 aromatic heterocycles. The number of benzene rings is 3. The summed E-state index contributed by atoms with van der Waals surface area (Å²) in [6.07, 6.45) is 0. The number of amides is 2. The van der Waals surface area contributed by atoms with Gasteiger partial charge < -0.3 is 5.32 Å². The molecule has 4 rings (SSSR count). The van der Waals surface area contributed by atoms with Crippen molar-refractivity contribution in [2.24, 2.45) is 0 Å². The molecule has 0 saturated heterocycles. The van der Waals surface area contributed by atoms with Crippen LogP contribution < -0.4 is 14.5 Å². The van der Waals surface area contributed by atoms with Crippen LogP contribution in [-0.4, -0.2) is 33.8 Å². The van der Waals surface area contributed by atoms with Crippen molar-refractivity contribution in [3.63, 3.8) is 0 Å². The lowest BCUT2D eigenvalue weighted by molar-refractivity contribution is -0.115. The minimum Gasteiger partial charge on any atom is -0.323 e. The fraction of sp³-hybridized carbons (Fsp3) is 0.130. The lowest BCUT2D eigenvalue weighted by atomic mass is 10.1. The molecule has 0 radical (unpaired) electrons. The number of carbonyl (C=O) groups is 2. The molecule has 0 spiro atoms. The number of hydrogen-bond donors (Lipinski definition) is 1. The van der Waals surface area contributed by atoms with E-state index >= 15 is 0 Å². The maximum atomic E-state index is 13.3. The summed E-state index contributed by atoms with van der Waals surface area (Å²) in [5, 5.41) is 2.75. The molecule has 1 aliphatic heterocycles. The number of sulfonamides is 1. The Bertz CT molecular complexity index is 1270. The molecule has 31 heavy (non-hydrogen) atoms. The molecule has 0 atom stereocenters. The summed E-state index contributed by atoms with van der Waals surface area (Å²) < 4.78 is 27.3. The molecule has 1 N–H and O–H groups in total. The van der Waals surface area contributed by atoms with Gasteiger partial charge in [-0.25, -0.2) is 8.42 Å². The van der Waals surface area contributed by atoms with E-state index in [9.17, 15) is 18.0 Å². The second-order valence-corrected chi connectivity index (χ2v) is 9.21. The van der Waals surface area contributed by atoms with Crippen molar-refractivity contribution in [2.45, 2.75) is 11.8 Å². The molecule has 0 saturated carbocycles. The van der Waals surface area contributed by atoms with Gasteiger partial charge in [-0.15, -0.1) is 0 Å². The summed E-state index contributed by atoms with van der Waals surface area (Å²) in [6.45, 7) is 1.67. The van der Waals surface area contributed by atoms with Crippen LogP contribution in [0.25, 0.3) is 0 Å². The van der Waals surface area contributed by atoms with Crippen LogP contribution in [0.3, 0.4) is 0 Å². The van der Waals surface area contributed by atoms with Crippen molar-refractivity contribution >= 4 is 38.9 Å². The molecule has 2 amide bonds. The zero-order chi connectivity index (χ0) is 22.2. The second kappa shape index (κ2) is 7.88. The number of anilines is 3. The Morgan fingerprint density at radius 3 is 2.42 bits per heavy atom. The molecule has 0 fully saturated rings. The van der Waals surface area contributed by atoms with Crippen LogP contribution in [-0.2, 0) is 14.8 Å². The van der Waals surface area contributed by atoms with Crippen LogP contribution >= 0.6 is 0 Å². The molecular formula is C23H21N3O4S. The maximum absolute atomic E-state index is 13.3. The normalized spacial score (nSPS) is 13.4. The van der Waals surface area contributed by atoms with Crippen LogP contribution in [0.5, 0.6) is 0 Å². The predicted octanol–water partition coefficient (Wildman–Crippen LogP) is 3.42. The van der Waals surface area contributed by atoms with Gasteiger partial charge in [-0.1, -0.05) is 36.4 Å². The molecule has 0 unspecified atom stereocenters. The van der Waals surface area contributed by atoms with Crippen molar-refractivity contribution in [2.75, 3.05) is 28.1 Å². The van der Waals surface area contributed by atoms with Gasteiger partial charge in [-0.2, -0.15) is 0 Å². The highest BCUT2D eigenvalue weighted by atomic mass is 32.2. The summed E-state index contributed by atoms with van der Waals surface area (Å²) in [7, 11) is -2.33. The van der Waals surface area contributed by atoms with Crippen LogP contribution in [0.2, 0.25) is 0 Å². The number of hydrogen-bond acceptors (Lipinski definition) is 4. The fourth-order valence-electron chi connectivity index (χ4n) is 3.53. The van der Waals surface area contributed by atoms with Gasteiger partial charge in [0.25, 0.3) is 15.9 Å². The Morgan fingerprint density at radius 2 is 1.68 bits per heavy atom. The first kappa shape index (κ1) is 20.6. The summed E-state index contributed by atoms with van der Waals surface area (Å²) >= 11 is 0. The zero-order valence-corrected chi connectivity index (χ0v) is 17.9. The average Bonchev–Trinajstić information content (AvgIpc) is 2.78. The van der Waals surface area contributed by atoms with E-state index in [0.29, 0.717) is 28.2 Å². The van der Waals surface area contributed by atoms with Crippen molar-refractivity contribution in [3.8, 4) is 0 Å². The van der Waals surface area contributed by atoms with Gasteiger partial charge in [0.15, 0.2) is 0 Å². The summed E-state index contributed by atoms with van der Waals surface area (Å²) in [5.41, 5.74) is 2.54. The highest BCUT2D eigenvalue weighted by Gasteiger charge is 2.29. The van der Waals surface area contributed by atoms with Gasteiger partial charge in [0.05, 0.1) is 22.0 Å². The summed E-state index contributed by atoms with van der Waals surface area (Å²) in [4.78, 5) is 26.9. The maximum Gasteiger partial charge on any atom is 0.264 e. The van der Waals surface area contributed by atoms with E-state index in [-0.39, 0.29) is 23.3 Å². The molecule has 3 aromatic carbocycles. The van der Waals surface area contributed by atoms with Crippen LogP contribution in [0.15, 0.2) is 77.7 Å². The zero-order valence-electron chi connectivity index (χ0n) is 17.1. The number of carbonyl (C=O) groups excluding carboxylic acids is 2. The quantitative estimate of drug-likeness (QED) is 0.680. The molecule has 1 heterocycles. The lowest BCUT2D eigenvalue weighted by Gasteiger charge is -2.29. The largest absolute Gasteiger partial charge is 0.323 e. The Kier molecular flexibility index (Phi) is 5.24. The van der Waals surface area contributed by atoms with Gasteiger partial charge in [-0.05, 0) is 48.9 Å². The van der Waals surface area contributed by atoms with Crippen molar-refractivity contribution in [3.05, 3.63) is 83.9 Å². The Morgan fingerprint density at radius 1 is 1.00 bits per heavy atom. The van der Waals surface area contributed by atoms with E-state index in [1.165, 1.54) is 28.4 Å². The third kappa shape index (κ3) is 3.77. The molecular weight excluding hydrogens is 414 g/mol. The average molecular weight is 436 g/mol. The van der Waals surface area contributed by atoms with E-state index in [0.717, 1.165) is 0 Å². The van der Waals surface area contributed by atoms with E-state index in [2.05, 4.69) is 5.32 Å². The minimum atomic E-state index is -3.79. The second-order valence-electron chi connectivity index (χ2n) is 7.24. The third-order valence-corrected chi connectivity index (χ3v) is 7.00. The third-order valence-electron chi connectivity index (χ3n) is 5.21. The van der Waals surface area contributed by atoms with Crippen molar-refractivity contribution < 1.29 is 18.0 Å². The summed E-state index contributed by atoms with van der Waals surface area (Å²) in [6, 6.07) is 20.1. The lowest BCUT2D eigenvalue weighted by Crippen LogP contribution is -2.42. The minimum absolute atomic E-state index is 0.114. The first-order valence-corrected chi connectivity index (χ1v) is 11.1. The van der Waals surface area contributed by atoms with Crippen LogP contribution in [0.1, 0.15) is 15.9 Å². The standard InChI is InChI=1S/C23H21N3O4S/c1-16-12-13-17(14-21(16)25(2)31(29,30)18-8-4-3-5-9-18)23(28)26-15-22(27)24-19-10-6-7-11-20(19)26/h3-14H,15H2,1-2H3,(H,24,27). The molecule has 158 valence electrons. The van der Waals surface area contributed by atoms with Crippen LogP contribution in [0.4, 0.5) is 17.1 Å². The van der Waals surface area contributed by atoms with Gasteiger partial charge in [-0.3, -0.25) is 18.8 Å². The van der Waals surface area contributed by atoms with E-state index < -0.39 is 10.0 Å². The molecule has 3 aromatic rings. The Hall–Kier alpha value is -3.65. The fourth-order valence-corrected chi connectivity index (χ4v) is 4.80. The number of rotatable bonds is 4. The number of aryl methyl sites for hydroxylation is 1. The first-order chi connectivity index (χ1) is 14.8. The monoisotopic (exact) mass is 435 g/mol. The highest BCUT2D eigenvalue weighted by molar-refractivity contribution is 7.92. The van der Waals surface area contributed by atoms with E-state index in [4.69, 9.17) is 0 Å². The molecule has 0 aliphatic carbocycles. The Balaban J connectivity index is 1.72. The van der Waals surface area contributed by atoms with Crippen molar-refractivity contribution in [1.82, 2.24) is 0 Å². The van der Waals surface area contributed by atoms with Gasteiger partial charge >= 0.3 is 0 Å². The molecule has 0 bridgehead atoms. The number of para-hydroxylation sites is 2. The topological polar surface area (TPSA) is 86.8 Å². The van der Waals surface area contributed by atoms with Gasteiger partial charge in [0.2, 0.25) is 5.91 Å². The van der Waals surface area contributed by atoms with Crippen molar-refractivity contribution in [1.29, 1.82) is 0 Å². The SMILES string of the molecule is Cc1ccc(C(=O)N2CC(=O)Nc3ccccc32)cc1N(C)S(=O)(=O)c1ccccc1. The van der Waals surface area contributed by atoms with Crippen LogP contribution in [0, 0.1) is 6.92 Å². The van der Waals surface area contributed by atoms with E-state index in [1.54, 1.807) is 67.6 Å². The summed E-state index contributed by atoms with van der Waals surface area (Å²) in [5.74, 6) is -0.669. The van der Waals surface area contributed by atoms with E-state index in [1.807, 2.05) is 0 Å². The van der Waals surface area contributed by atoms with Gasteiger partial charge in [0, 0.05) is 12.6 Å². The molecule has 7 nitrogen and oxygen atoms in total. The number of nitrogens with one attached hydrogen (secondary N) is 1.